The molecule has 1 aliphatic heterocycles. The van der Waals surface area contributed by atoms with Crippen LogP contribution in [0.3, 0.4) is 0 Å². The van der Waals surface area contributed by atoms with Crippen LogP contribution < -0.4 is 5.32 Å². The second-order valence-corrected chi connectivity index (χ2v) is 6.98. The third-order valence-electron chi connectivity index (χ3n) is 3.62. The predicted octanol–water partition coefficient (Wildman–Crippen LogP) is 3.03. The Kier molecular flexibility index (Phi) is 5.75. The van der Waals surface area contributed by atoms with E-state index in [1.54, 1.807) is 11.8 Å². The smallest absolute Gasteiger partial charge is 0.235 e. The average molecular weight is 313 g/mol. The second-order valence-electron chi connectivity index (χ2n) is 5.13. The first-order valence-electron chi connectivity index (χ1n) is 6.98. The summed E-state index contributed by atoms with van der Waals surface area (Å²) in [7, 11) is 1.96. The molecule has 2 atom stereocenters. The lowest BCUT2D eigenvalue weighted by molar-refractivity contribution is -0.131. The van der Waals surface area contributed by atoms with E-state index in [0.717, 1.165) is 35.8 Å². The number of nitrogens with one attached hydrogen (secondary N) is 1. The van der Waals surface area contributed by atoms with E-state index in [1.165, 1.54) is 0 Å². The summed E-state index contributed by atoms with van der Waals surface area (Å²) in [6, 6.07) is 8.07. The summed E-state index contributed by atoms with van der Waals surface area (Å²) in [5.41, 5.74) is 0. The van der Waals surface area contributed by atoms with Crippen molar-refractivity contribution in [1.82, 2.24) is 10.2 Å². The molecule has 0 aliphatic carbocycles. The molecular formula is C15H21ClN2OS. The summed E-state index contributed by atoms with van der Waals surface area (Å²) in [6.45, 7) is 3.67. The first-order valence-corrected chi connectivity index (χ1v) is 8.24. The minimum atomic E-state index is -0.0632. The van der Waals surface area contributed by atoms with Crippen molar-refractivity contribution in [2.45, 2.75) is 36.0 Å². The highest BCUT2D eigenvalue weighted by Crippen LogP contribution is 2.26. The quantitative estimate of drug-likeness (QED) is 0.867. The molecule has 1 aromatic carbocycles. The lowest BCUT2D eigenvalue weighted by atomic mass is 10.1. The van der Waals surface area contributed by atoms with Gasteiger partial charge in [-0.15, -0.1) is 11.8 Å². The highest BCUT2D eigenvalue weighted by Gasteiger charge is 2.26. The number of likely N-dealkylation sites (tertiary alicyclic amines) is 1. The third-order valence-corrected chi connectivity index (χ3v) is 4.97. The minimum Gasteiger partial charge on any atom is -0.340 e. The minimum absolute atomic E-state index is 0.0632. The number of rotatable bonds is 4. The maximum absolute atomic E-state index is 12.5. The Bertz CT molecular complexity index is 452. The standard InChI is InChI=1S/C15H21ClN2OS/c1-11(20-14-7-5-12(16)6-8-14)15(19)18-9-3-4-13(10-18)17-2/h5-8,11,13,17H,3-4,9-10H2,1-2H3. The van der Waals surface area contributed by atoms with Gasteiger partial charge in [0.1, 0.15) is 0 Å². The number of piperidine rings is 1. The maximum atomic E-state index is 12.5. The SMILES string of the molecule is CNC1CCCN(C(=O)C(C)Sc2ccc(Cl)cc2)C1. The molecule has 0 spiro atoms. The highest BCUT2D eigenvalue weighted by atomic mass is 35.5. The fourth-order valence-corrected chi connectivity index (χ4v) is 3.52. The zero-order chi connectivity index (χ0) is 14.5. The van der Waals surface area contributed by atoms with Crippen LogP contribution in [0.25, 0.3) is 0 Å². The predicted molar refractivity (Wildman–Crippen MR) is 85.4 cm³/mol. The van der Waals surface area contributed by atoms with Crippen molar-refractivity contribution in [3.63, 3.8) is 0 Å². The number of hydrogen-bond donors (Lipinski definition) is 1. The van der Waals surface area contributed by atoms with Crippen LogP contribution in [-0.2, 0) is 4.79 Å². The molecule has 5 heteroatoms. The number of halogens is 1. The van der Waals surface area contributed by atoms with Crippen LogP contribution >= 0.6 is 23.4 Å². The Morgan fingerprint density at radius 2 is 2.15 bits per heavy atom. The van der Waals surface area contributed by atoms with Gasteiger partial charge in [-0.3, -0.25) is 4.79 Å². The average Bonchev–Trinajstić information content (AvgIpc) is 2.48. The number of amides is 1. The van der Waals surface area contributed by atoms with Gasteiger partial charge in [0, 0.05) is 29.0 Å². The van der Waals surface area contributed by atoms with Crippen LogP contribution in [0.5, 0.6) is 0 Å². The first-order chi connectivity index (χ1) is 9.60. The van der Waals surface area contributed by atoms with Gasteiger partial charge in [-0.2, -0.15) is 0 Å². The molecule has 0 saturated carbocycles. The van der Waals surface area contributed by atoms with E-state index < -0.39 is 0 Å². The van der Waals surface area contributed by atoms with Crippen molar-refractivity contribution in [1.29, 1.82) is 0 Å². The van der Waals surface area contributed by atoms with Crippen molar-refractivity contribution in [2.75, 3.05) is 20.1 Å². The van der Waals surface area contributed by atoms with Gasteiger partial charge in [-0.05, 0) is 51.1 Å². The molecule has 2 rings (SSSR count). The Labute approximate surface area is 130 Å². The highest BCUT2D eigenvalue weighted by molar-refractivity contribution is 8.00. The van der Waals surface area contributed by atoms with Gasteiger partial charge in [0.15, 0.2) is 0 Å². The van der Waals surface area contributed by atoms with E-state index in [4.69, 9.17) is 11.6 Å². The topological polar surface area (TPSA) is 32.3 Å². The van der Waals surface area contributed by atoms with E-state index in [2.05, 4.69) is 5.32 Å². The summed E-state index contributed by atoms with van der Waals surface area (Å²) >= 11 is 7.47. The lowest BCUT2D eigenvalue weighted by Crippen LogP contribution is -2.49. The molecule has 1 fully saturated rings. The first kappa shape index (κ1) is 15.7. The molecule has 2 unspecified atom stereocenters. The maximum Gasteiger partial charge on any atom is 0.235 e. The molecule has 110 valence electrons. The number of thioether (sulfide) groups is 1. The van der Waals surface area contributed by atoms with Gasteiger partial charge in [-0.25, -0.2) is 0 Å². The molecule has 1 amide bonds. The van der Waals surface area contributed by atoms with Crippen molar-refractivity contribution in [3.8, 4) is 0 Å². The zero-order valence-electron chi connectivity index (χ0n) is 11.9. The van der Waals surface area contributed by atoms with Crippen molar-refractivity contribution in [3.05, 3.63) is 29.3 Å². The van der Waals surface area contributed by atoms with E-state index in [0.29, 0.717) is 6.04 Å². The normalized spacial score (nSPS) is 20.8. The van der Waals surface area contributed by atoms with Crippen molar-refractivity contribution in [2.24, 2.45) is 0 Å². The van der Waals surface area contributed by atoms with Crippen LogP contribution in [0.15, 0.2) is 29.2 Å². The molecule has 0 radical (unpaired) electrons. The Morgan fingerprint density at radius 3 is 2.80 bits per heavy atom. The molecular weight excluding hydrogens is 292 g/mol. The summed E-state index contributed by atoms with van der Waals surface area (Å²) in [6.07, 6.45) is 2.23. The monoisotopic (exact) mass is 312 g/mol. The third kappa shape index (κ3) is 4.14. The molecule has 1 saturated heterocycles. The summed E-state index contributed by atoms with van der Waals surface area (Å²) in [5.74, 6) is 0.227. The number of nitrogens with zero attached hydrogens (tertiary/aromatic N) is 1. The Morgan fingerprint density at radius 1 is 1.45 bits per heavy atom. The van der Waals surface area contributed by atoms with Crippen LogP contribution in [-0.4, -0.2) is 42.2 Å². The number of likely N-dealkylation sites (N-methyl/N-ethyl adjacent to an activating group) is 1. The van der Waals surface area contributed by atoms with Gasteiger partial charge < -0.3 is 10.2 Å². The van der Waals surface area contributed by atoms with Gasteiger partial charge in [0.25, 0.3) is 0 Å². The molecule has 1 aromatic rings. The van der Waals surface area contributed by atoms with Crippen LogP contribution in [0, 0.1) is 0 Å². The van der Waals surface area contributed by atoms with Gasteiger partial charge in [0.05, 0.1) is 5.25 Å². The number of hydrogen-bond acceptors (Lipinski definition) is 3. The van der Waals surface area contributed by atoms with Crippen LogP contribution in [0.2, 0.25) is 5.02 Å². The largest absolute Gasteiger partial charge is 0.340 e. The van der Waals surface area contributed by atoms with E-state index >= 15 is 0 Å². The summed E-state index contributed by atoms with van der Waals surface area (Å²) in [4.78, 5) is 15.5. The Hall–Kier alpha value is -0.710. The fraction of sp³-hybridized carbons (Fsp3) is 0.533. The fourth-order valence-electron chi connectivity index (χ4n) is 2.44. The van der Waals surface area contributed by atoms with E-state index in [9.17, 15) is 4.79 Å². The lowest BCUT2D eigenvalue weighted by Gasteiger charge is -2.34. The van der Waals surface area contributed by atoms with Crippen LogP contribution in [0.1, 0.15) is 19.8 Å². The molecule has 1 heterocycles. The summed E-state index contributed by atoms with van der Waals surface area (Å²) < 4.78 is 0. The van der Waals surface area contributed by atoms with Gasteiger partial charge in [0.2, 0.25) is 5.91 Å². The van der Waals surface area contributed by atoms with Crippen molar-refractivity contribution >= 4 is 29.3 Å². The van der Waals surface area contributed by atoms with E-state index in [1.807, 2.05) is 43.1 Å². The zero-order valence-corrected chi connectivity index (χ0v) is 13.5. The molecule has 0 bridgehead atoms. The molecule has 0 aromatic heterocycles. The molecule has 20 heavy (non-hydrogen) atoms. The summed E-state index contributed by atoms with van der Waals surface area (Å²) in [5, 5.41) is 3.93. The van der Waals surface area contributed by atoms with Crippen LogP contribution in [0.4, 0.5) is 0 Å². The number of benzene rings is 1. The Balaban J connectivity index is 1.92. The molecule has 1 N–H and O–H groups in total. The molecule has 1 aliphatic rings. The van der Waals surface area contributed by atoms with Gasteiger partial charge in [-0.1, -0.05) is 11.6 Å². The van der Waals surface area contributed by atoms with Crippen molar-refractivity contribution < 1.29 is 4.79 Å². The number of carbonyl (C=O) groups is 1. The van der Waals surface area contributed by atoms with Gasteiger partial charge >= 0.3 is 0 Å². The van der Waals surface area contributed by atoms with E-state index in [-0.39, 0.29) is 11.2 Å². The second kappa shape index (κ2) is 7.34. The number of carbonyl (C=O) groups excluding carboxylic acids is 1. The molecule has 3 nitrogen and oxygen atoms in total.